The predicted molar refractivity (Wildman–Crippen MR) is 205 cm³/mol. The molecule has 0 bridgehead atoms. The van der Waals surface area contributed by atoms with Crippen molar-refractivity contribution in [2.24, 2.45) is 5.73 Å². The first kappa shape index (κ1) is 44.9. The van der Waals surface area contributed by atoms with Crippen LogP contribution in [0.3, 0.4) is 0 Å². The first-order chi connectivity index (χ1) is 28.3. The molecule has 1 saturated heterocycles. The third-order valence-electron chi connectivity index (χ3n) is 9.44. The summed E-state index contributed by atoms with van der Waals surface area (Å²) < 4.78 is 61.2. The molecule has 2 N–H and O–H groups in total. The Morgan fingerprint density at radius 2 is 0.831 bits per heavy atom. The summed E-state index contributed by atoms with van der Waals surface area (Å²) in [6, 6.07) is 26.5. The van der Waals surface area contributed by atoms with E-state index in [0.29, 0.717) is 0 Å². The zero-order valence-corrected chi connectivity index (χ0v) is 33.5. The molecular weight excluding hydrogens is 770 g/mol. The summed E-state index contributed by atoms with van der Waals surface area (Å²) in [4.78, 5) is 62.7. The summed E-state index contributed by atoms with van der Waals surface area (Å²) in [6.45, 7) is 5.47. The largest absolute Gasteiger partial charge is 0.463 e. The van der Waals surface area contributed by atoms with Crippen molar-refractivity contribution in [3.8, 4) is 0 Å². The van der Waals surface area contributed by atoms with Crippen LogP contribution in [0.4, 0.5) is 0 Å². The molecule has 1 saturated carbocycles. The number of benzene rings is 3. The molecule has 2 aliphatic rings. The van der Waals surface area contributed by atoms with Crippen LogP contribution in [-0.4, -0.2) is 104 Å². The van der Waals surface area contributed by atoms with Gasteiger partial charge in [-0.05, 0) is 16.7 Å². The highest BCUT2D eigenvalue weighted by molar-refractivity contribution is 5.68. The van der Waals surface area contributed by atoms with Gasteiger partial charge in [0.1, 0.15) is 37.1 Å². The lowest BCUT2D eigenvalue weighted by molar-refractivity contribution is -0.329. The van der Waals surface area contributed by atoms with Crippen molar-refractivity contribution < 1.29 is 71.3 Å². The van der Waals surface area contributed by atoms with E-state index in [4.69, 9.17) is 53.1 Å². The second kappa shape index (κ2) is 21.7. The lowest BCUT2D eigenvalue weighted by Crippen LogP contribution is -2.71. The quantitative estimate of drug-likeness (QED) is 0.153. The van der Waals surface area contributed by atoms with Crippen LogP contribution in [0, 0.1) is 0 Å². The van der Waals surface area contributed by atoms with Crippen molar-refractivity contribution in [2.75, 3.05) is 6.61 Å². The molecule has 0 spiro atoms. The summed E-state index contributed by atoms with van der Waals surface area (Å²) in [6.07, 6.45) is -13.2. The van der Waals surface area contributed by atoms with Crippen molar-refractivity contribution >= 4 is 29.8 Å². The van der Waals surface area contributed by atoms with Crippen molar-refractivity contribution in [3.63, 3.8) is 0 Å². The van der Waals surface area contributed by atoms with Crippen molar-refractivity contribution in [1.82, 2.24) is 0 Å². The number of nitrogens with two attached hydrogens (primary N) is 1. The zero-order valence-electron chi connectivity index (χ0n) is 33.5. The molecule has 16 heteroatoms. The van der Waals surface area contributed by atoms with Crippen molar-refractivity contribution in [3.05, 3.63) is 108 Å². The maximum Gasteiger partial charge on any atom is 0.303 e. The van der Waals surface area contributed by atoms with Gasteiger partial charge in [0.2, 0.25) is 0 Å². The summed E-state index contributed by atoms with van der Waals surface area (Å²) in [7, 11) is 0. The maximum absolute atomic E-state index is 13.0. The van der Waals surface area contributed by atoms with E-state index in [9.17, 15) is 24.0 Å². The number of carbonyl (C=O) groups excluding carboxylic acids is 5. The molecule has 2 fully saturated rings. The molecule has 1 aliphatic carbocycles. The molecule has 0 radical (unpaired) electrons. The molecule has 0 aromatic heterocycles. The van der Waals surface area contributed by atoms with E-state index in [-0.39, 0.29) is 19.8 Å². The summed E-state index contributed by atoms with van der Waals surface area (Å²) in [5.41, 5.74) is 9.09. The van der Waals surface area contributed by atoms with Crippen LogP contribution in [0.25, 0.3) is 0 Å². The monoisotopic (exact) mass is 821 g/mol. The van der Waals surface area contributed by atoms with Gasteiger partial charge >= 0.3 is 29.8 Å². The van der Waals surface area contributed by atoms with Crippen LogP contribution in [0.15, 0.2) is 91.0 Å². The minimum absolute atomic E-state index is 0.0211. The highest BCUT2D eigenvalue weighted by atomic mass is 16.7. The van der Waals surface area contributed by atoms with Crippen LogP contribution in [0.1, 0.15) is 51.3 Å². The van der Waals surface area contributed by atoms with Crippen molar-refractivity contribution in [1.29, 1.82) is 0 Å². The number of ether oxygens (including phenoxy) is 10. The van der Waals surface area contributed by atoms with E-state index in [0.717, 1.165) is 30.5 Å². The van der Waals surface area contributed by atoms with E-state index in [1.165, 1.54) is 20.8 Å². The minimum atomic E-state index is -1.57. The Morgan fingerprint density at radius 1 is 0.475 bits per heavy atom. The van der Waals surface area contributed by atoms with E-state index in [2.05, 4.69) is 0 Å². The molecule has 318 valence electrons. The van der Waals surface area contributed by atoms with Crippen LogP contribution < -0.4 is 5.73 Å². The first-order valence-electron chi connectivity index (χ1n) is 19.2. The highest BCUT2D eigenvalue weighted by Gasteiger charge is 2.59. The molecule has 11 atom stereocenters. The highest BCUT2D eigenvalue weighted by Crippen LogP contribution is 2.38. The zero-order chi connectivity index (χ0) is 42.5. The maximum atomic E-state index is 13.0. The molecule has 2 unspecified atom stereocenters. The molecule has 0 amide bonds. The third-order valence-corrected chi connectivity index (χ3v) is 9.44. The molecule has 59 heavy (non-hydrogen) atoms. The van der Waals surface area contributed by atoms with E-state index >= 15 is 0 Å². The average Bonchev–Trinajstić information content (AvgIpc) is 3.19. The van der Waals surface area contributed by atoms with Crippen LogP contribution >= 0.6 is 0 Å². The van der Waals surface area contributed by atoms with Gasteiger partial charge in [-0.1, -0.05) is 91.0 Å². The number of hydrogen-bond acceptors (Lipinski definition) is 16. The van der Waals surface area contributed by atoms with Crippen LogP contribution in [0.2, 0.25) is 0 Å². The minimum Gasteiger partial charge on any atom is -0.463 e. The summed E-state index contributed by atoms with van der Waals surface area (Å²) in [5.74, 6) is -3.69. The Labute approximate surface area is 342 Å². The number of rotatable bonds is 17. The Kier molecular flexibility index (Phi) is 16.5. The second-order valence-corrected chi connectivity index (χ2v) is 14.1. The van der Waals surface area contributed by atoms with Crippen molar-refractivity contribution in [2.45, 2.75) is 122 Å². The van der Waals surface area contributed by atoms with Crippen LogP contribution in [-0.2, 0) is 91.2 Å². The average molecular weight is 822 g/mol. The Morgan fingerprint density at radius 3 is 1.20 bits per heavy atom. The van der Waals surface area contributed by atoms with E-state index in [1.807, 2.05) is 91.0 Å². The van der Waals surface area contributed by atoms with Gasteiger partial charge in [-0.25, -0.2) is 0 Å². The van der Waals surface area contributed by atoms with E-state index < -0.39 is 104 Å². The topological polar surface area (TPSA) is 204 Å². The van der Waals surface area contributed by atoms with Gasteiger partial charge in [-0.3, -0.25) is 24.0 Å². The summed E-state index contributed by atoms with van der Waals surface area (Å²) in [5, 5.41) is 0. The first-order valence-corrected chi connectivity index (χ1v) is 19.2. The second-order valence-electron chi connectivity index (χ2n) is 14.1. The van der Waals surface area contributed by atoms with Gasteiger partial charge < -0.3 is 53.1 Å². The summed E-state index contributed by atoms with van der Waals surface area (Å²) >= 11 is 0. The fourth-order valence-electron chi connectivity index (χ4n) is 7.01. The molecule has 3 aromatic carbocycles. The smallest absolute Gasteiger partial charge is 0.303 e. The molecule has 16 nitrogen and oxygen atoms in total. The van der Waals surface area contributed by atoms with Gasteiger partial charge in [-0.15, -0.1) is 0 Å². The van der Waals surface area contributed by atoms with Gasteiger partial charge in [0.05, 0.1) is 25.9 Å². The SMILES string of the molecule is CC(=O)OC[C@H]1O[C@H](OC2[C@@H](OC(C)=O)[C@H](OCc3ccccc3)C(OCc3ccccc3)[C@H](OCc3ccccc3)[C@@H]2OC(C)=O)[C@H](N)[C@@H](OC(C)=O)[C@@H]1OC(C)=O. The predicted octanol–water partition coefficient (Wildman–Crippen LogP) is 3.48. The van der Waals surface area contributed by atoms with E-state index in [1.54, 1.807) is 0 Å². The normalized spacial score (nSPS) is 27.8. The molecular formula is C43H51NO15. The van der Waals surface area contributed by atoms with Gasteiger partial charge in [-0.2, -0.15) is 0 Å². The lowest BCUT2D eigenvalue weighted by atomic mass is 9.83. The standard InChI is InChI=1S/C43H51NO15/c1-25(45)50-24-33-35(54-26(2)46)36(55-27(3)47)34(44)43(58-33)59-42-40(56-28(4)48)38(52-22-31-17-11-7-12-18-31)37(51-21-30-15-9-6-10-16-30)39(41(42)57-29(5)49)53-23-32-19-13-8-14-20-32/h6-20,33-43H,21-24,44H2,1-5H3/t33-,34-,35-,36-,37?,38-,39+,40+,41+,42?,43-/m1/s1. The fraction of sp³-hybridized carbons (Fsp3) is 0.465. The van der Waals surface area contributed by atoms with Gasteiger partial charge in [0.25, 0.3) is 0 Å². The number of carbonyl (C=O) groups is 5. The molecule has 1 aliphatic heterocycles. The molecule has 3 aromatic rings. The third kappa shape index (κ3) is 12.9. The Balaban J connectivity index is 1.62. The Hall–Kier alpha value is -5.23. The number of hydrogen-bond donors (Lipinski definition) is 1. The fourth-order valence-corrected chi connectivity index (χ4v) is 7.01. The van der Waals surface area contributed by atoms with Gasteiger partial charge in [0.15, 0.2) is 30.7 Å². The molecule has 1 heterocycles. The Bertz CT molecular complexity index is 1760. The van der Waals surface area contributed by atoms with Gasteiger partial charge in [0, 0.05) is 34.6 Å². The molecule has 5 rings (SSSR count). The lowest BCUT2D eigenvalue weighted by Gasteiger charge is -2.51. The van der Waals surface area contributed by atoms with Crippen LogP contribution in [0.5, 0.6) is 0 Å². The number of esters is 5.